The van der Waals surface area contributed by atoms with E-state index < -0.39 is 5.97 Å². The molecule has 5 nitrogen and oxygen atoms in total. The molecule has 0 aliphatic heterocycles. The summed E-state index contributed by atoms with van der Waals surface area (Å²) in [6, 6.07) is 11.9. The van der Waals surface area contributed by atoms with Gasteiger partial charge in [0.25, 0.3) is 0 Å². The molecule has 128 valence electrons. The first-order valence-electron chi connectivity index (χ1n) is 7.63. The van der Waals surface area contributed by atoms with E-state index in [1.54, 1.807) is 31.4 Å². The normalized spacial score (nSPS) is 10.8. The Morgan fingerprint density at radius 3 is 2.62 bits per heavy atom. The van der Waals surface area contributed by atoms with Crippen molar-refractivity contribution in [2.24, 2.45) is 0 Å². The van der Waals surface area contributed by atoms with Crippen LogP contribution in [0.5, 0.6) is 0 Å². The number of halogens is 1. The van der Waals surface area contributed by atoms with Crippen LogP contribution in [0.1, 0.15) is 21.7 Å². The molecule has 0 fully saturated rings. The molecule has 0 radical (unpaired) electrons. The Kier molecular flexibility index (Phi) is 6.84. The first-order valence-corrected chi connectivity index (χ1v) is 7.63. The minimum Gasteiger partial charge on any atom is -0.464 e. The smallest absolute Gasteiger partial charge is 0.356 e. The number of carbonyl (C=O) groups excluding carboxylic acids is 1. The van der Waals surface area contributed by atoms with Crippen LogP contribution < -0.4 is 0 Å². The maximum absolute atomic E-state index is 13.9. The zero-order valence-corrected chi connectivity index (χ0v) is 13.9. The van der Waals surface area contributed by atoms with E-state index in [1.807, 2.05) is 17.0 Å². The first-order chi connectivity index (χ1) is 11.6. The van der Waals surface area contributed by atoms with Crippen LogP contribution in [-0.2, 0) is 22.6 Å². The van der Waals surface area contributed by atoms with E-state index in [9.17, 15) is 9.18 Å². The molecule has 2 aromatic rings. The monoisotopic (exact) mass is 332 g/mol. The molecule has 0 unspecified atom stereocenters. The van der Waals surface area contributed by atoms with E-state index in [4.69, 9.17) is 4.74 Å². The fourth-order valence-corrected chi connectivity index (χ4v) is 2.32. The van der Waals surface area contributed by atoms with Crippen molar-refractivity contribution in [3.8, 4) is 0 Å². The van der Waals surface area contributed by atoms with E-state index in [0.29, 0.717) is 37.5 Å². The van der Waals surface area contributed by atoms with Gasteiger partial charge in [0, 0.05) is 32.3 Å². The van der Waals surface area contributed by atoms with Crippen LogP contribution in [0.4, 0.5) is 4.39 Å². The van der Waals surface area contributed by atoms with E-state index in [2.05, 4.69) is 9.72 Å². The van der Waals surface area contributed by atoms with Crippen molar-refractivity contribution in [1.82, 2.24) is 9.88 Å². The van der Waals surface area contributed by atoms with Crippen molar-refractivity contribution in [1.29, 1.82) is 0 Å². The highest BCUT2D eigenvalue weighted by molar-refractivity contribution is 5.87. The molecule has 0 bridgehead atoms. The van der Waals surface area contributed by atoms with Gasteiger partial charge in [-0.05, 0) is 18.2 Å². The Balaban J connectivity index is 2.13. The number of aromatic nitrogens is 1. The molecule has 24 heavy (non-hydrogen) atoms. The van der Waals surface area contributed by atoms with Crippen LogP contribution in [0.15, 0.2) is 42.5 Å². The molecular formula is C18H21FN2O3. The Morgan fingerprint density at radius 2 is 1.92 bits per heavy atom. The quantitative estimate of drug-likeness (QED) is 0.696. The lowest BCUT2D eigenvalue weighted by molar-refractivity contribution is 0.0593. The number of hydrogen-bond acceptors (Lipinski definition) is 5. The van der Waals surface area contributed by atoms with Crippen molar-refractivity contribution in [2.75, 3.05) is 27.4 Å². The van der Waals surface area contributed by atoms with Gasteiger partial charge in [0.2, 0.25) is 0 Å². The molecule has 0 N–H and O–H groups in total. The van der Waals surface area contributed by atoms with Gasteiger partial charge < -0.3 is 9.47 Å². The fraction of sp³-hybridized carbons (Fsp3) is 0.333. The molecule has 1 aromatic carbocycles. The van der Waals surface area contributed by atoms with Crippen molar-refractivity contribution >= 4 is 5.97 Å². The van der Waals surface area contributed by atoms with Crippen LogP contribution in [-0.4, -0.2) is 43.2 Å². The number of esters is 1. The summed E-state index contributed by atoms with van der Waals surface area (Å²) in [4.78, 5) is 17.9. The summed E-state index contributed by atoms with van der Waals surface area (Å²) in [7, 11) is 2.94. The first kappa shape index (κ1) is 18.0. The highest BCUT2D eigenvalue weighted by atomic mass is 19.1. The van der Waals surface area contributed by atoms with Crippen molar-refractivity contribution in [3.05, 3.63) is 65.2 Å². The number of benzene rings is 1. The second kappa shape index (κ2) is 9.10. The van der Waals surface area contributed by atoms with Gasteiger partial charge in [-0.1, -0.05) is 24.3 Å². The Labute approximate surface area is 141 Å². The van der Waals surface area contributed by atoms with Crippen molar-refractivity contribution < 1.29 is 18.7 Å². The Bertz CT molecular complexity index is 679. The minimum absolute atomic E-state index is 0.240. The summed E-state index contributed by atoms with van der Waals surface area (Å²) >= 11 is 0. The van der Waals surface area contributed by atoms with Gasteiger partial charge in [-0.25, -0.2) is 14.2 Å². The van der Waals surface area contributed by atoms with E-state index >= 15 is 0 Å². The van der Waals surface area contributed by atoms with Gasteiger partial charge in [-0.15, -0.1) is 0 Å². The standard InChI is InChI=1S/C18H21FN2O3/c1-23-11-10-21(12-14-6-3-4-8-16(14)19)13-15-7-5-9-17(20-15)18(22)24-2/h3-9H,10-13H2,1-2H3. The summed E-state index contributed by atoms with van der Waals surface area (Å²) in [5.41, 5.74) is 1.58. The van der Waals surface area contributed by atoms with Gasteiger partial charge in [-0.2, -0.15) is 0 Å². The third kappa shape index (κ3) is 5.11. The molecule has 0 saturated carbocycles. The highest BCUT2D eigenvalue weighted by Crippen LogP contribution is 2.12. The molecule has 0 spiro atoms. The summed E-state index contributed by atoms with van der Waals surface area (Å²) in [6.07, 6.45) is 0. The van der Waals surface area contributed by atoms with Gasteiger partial charge in [0.05, 0.1) is 19.4 Å². The molecule has 1 heterocycles. The number of methoxy groups -OCH3 is 2. The summed E-state index contributed by atoms with van der Waals surface area (Å²) < 4.78 is 23.7. The summed E-state index contributed by atoms with van der Waals surface area (Å²) in [5, 5.41) is 0. The number of rotatable bonds is 8. The van der Waals surface area contributed by atoms with E-state index in [-0.39, 0.29) is 11.5 Å². The maximum Gasteiger partial charge on any atom is 0.356 e. The maximum atomic E-state index is 13.9. The van der Waals surface area contributed by atoms with Crippen LogP contribution >= 0.6 is 0 Å². The minimum atomic E-state index is -0.477. The fourth-order valence-electron chi connectivity index (χ4n) is 2.32. The number of nitrogens with zero attached hydrogens (tertiary/aromatic N) is 2. The Hall–Kier alpha value is -2.31. The number of hydrogen-bond donors (Lipinski definition) is 0. The third-order valence-corrected chi connectivity index (χ3v) is 3.55. The molecule has 0 amide bonds. The molecule has 1 aromatic heterocycles. The molecule has 0 aliphatic rings. The lowest BCUT2D eigenvalue weighted by Gasteiger charge is -2.22. The topological polar surface area (TPSA) is 51.7 Å². The van der Waals surface area contributed by atoms with Crippen LogP contribution in [0, 0.1) is 5.82 Å². The van der Waals surface area contributed by atoms with Crippen LogP contribution in [0.3, 0.4) is 0 Å². The predicted octanol–water partition coefficient (Wildman–Crippen LogP) is 2.66. The third-order valence-electron chi connectivity index (χ3n) is 3.55. The lowest BCUT2D eigenvalue weighted by Crippen LogP contribution is -2.27. The van der Waals surface area contributed by atoms with E-state index in [0.717, 1.165) is 0 Å². The summed E-state index contributed by atoms with van der Waals surface area (Å²) in [5.74, 6) is -0.717. The van der Waals surface area contributed by atoms with Crippen LogP contribution in [0.2, 0.25) is 0 Å². The SMILES string of the molecule is COCCN(Cc1cccc(C(=O)OC)n1)Cc1ccccc1F. The number of carbonyl (C=O) groups is 1. The van der Waals surface area contributed by atoms with Gasteiger partial charge in [0.1, 0.15) is 11.5 Å². The average molecular weight is 332 g/mol. The van der Waals surface area contributed by atoms with E-state index in [1.165, 1.54) is 13.2 Å². The zero-order valence-electron chi connectivity index (χ0n) is 13.9. The second-order valence-electron chi connectivity index (χ2n) is 5.30. The molecule has 0 atom stereocenters. The van der Waals surface area contributed by atoms with Gasteiger partial charge in [0.15, 0.2) is 0 Å². The predicted molar refractivity (Wildman–Crippen MR) is 88.0 cm³/mol. The average Bonchev–Trinajstić information content (AvgIpc) is 2.61. The van der Waals surface area contributed by atoms with Crippen molar-refractivity contribution in [3.63, 3.8) is 0 Å². The molecule has 0 saturated heterocycles. The van der Waals surface area contributed by atoms with Gasteiger partial charge >= 0.3 is 5.97 Å². The molecule has 6 heteroatoms. The zero-order chi connectivity index (χ0) is 17.4. The molecular weight excluding hydrogens is 311 g/mol. The largest absolute Gasteiger partial charge is 0.464 e. The second-order valence-corrected chi connectivity index (χ2v) is 5.30. The van der Waals surface area contributed by atoms with Crippen molar-refractivity contribution in [2.45, 2.75) is 13.1 Å². The van der Waals surface area contributed by atoms with Gasteiger partial charge in [-0.3, -0.25) is 4.90 Å². The lowest BCUT2D eigenvalue weighted by atomic mass is 10.2. The molecule has 2 rings (SSSR count). The number of pyridine rings is 1. The highest BCUT2D eigenvalue weighted by Gasteiger charge is 2.13. The van der Waals surface area contributed by atoms with Crippen LogP contribution in [0.25, 0.3) is 0 Å². The summed E-state index contributed by atoms with van der Waals surface area (Å²) in [6.45, 7) is 2.04. The number of ether oxygens (including phenoxy) is 2. The molecule has 0 aliphatic carbocycles. The Morgan fingerprint density at radius 1 is 1.12 bits per heavy atom.